The smallest absolute Gasteiger partial charge is 0.321 e. The van der Waals surface area contributed by atoms with Gasteiger partial charge < -0.3 is 24.3 Å². The van der Waals surface area contributed by atoms with Crippen molar-refractivity contribution >= 4 is 22.9 Å². The van der Waals surface area contributed by atoms with E-state index in [0.717, 1.165) is 23.4 Å². The summed E-state index contributed by atoms with van der Waals surface area (Å²) in [6.45, 7) is 4.36. The van der Waals surface area contributed by atoms with Gasteiger partial charge in [0.1, 0.15) is 24.6 Å². The highest BCUT2D eigenvalue weighted by Gasteiger charge is 2.30. The molecule has 2 aliphatic heterocycles. The number of carbonyl (C=O) groups is 1. The van der Waals surface area contributed by atoms with Gasteiger partial charge in [0, 0.05) is 31.0 Å². The van der Waals surface area contributed by atoms with Gasteiger partial charge >= 0.3 is 6.03 Å². The van der Waals surface area contributed by atoms with Crippen molar-refractivity contribution in [2.45, 2.75) is 19.4 Å². The monoisotopic (exact) mass is 379 g/mol. The Balaban J connectivity index is 1.30. The van der Waals surface area contributed by atoms with E-state index < -0.39 is 0 Å². The first kappa shape index (κ1) is 16.9. The second-order valence-corrected chi connectivity index (χ2v) is 7.05. The van der Waals surface area contributed by atoms with Gasteiger partial charge in [-0.15, -0.1) is 0 Å². The number of urea groups is 1. The molecule has 4 heterocycles. The van der Waals surface area contributed by atoms with Crippen molar-refractivity contribution in [3.05, 3.63) is 42.4 Å². The highest BCUT2D eigenvalue weighted by atomic mass is 16.6. The van der Waals surface area contributed by atoms with Crippen molar-refractivity contribution in [2.75, 3.05) is 31.6 Å². The first-order chi connectivity index (χ1) is 13.7. The van der Waals surface area contributed by atoms with Crippen LogP contribution in [0.4, 0.5) is 10.5 Å². The quantitative estimate of drug-likeness (QED) is 0.740. The number of amides is 2. The lowest BCUT2D eigenvalue weighted by Gasteiger charge is -2.21. The van der Waals surface area contributed by atoms with Crippen molar-refractivity contribution < 1.29 is 14.3 Å². The van der Waals surface area contributed by atoms with E-state index in [2.05, 4.69) is 19.9 Å². The summed E-state index contributed by atoms with van der Waals surface area (Å²) in [5.41, 5.74) is 2.46. The molecule has 5 rings (SSSR count). The molecule has 1 fully saturated rings. The highest BCUT2D eigenvalue weighted by molar-refractivity contribution is 5.90. The van der Waals surface area contributed by atoms with Crippen LogP contribution in [0.25, 0.3) is 11.2 Å². The summed E-state index contributed by atoms with van der Waals surface area (Å²) in [6, 6.07) is 9.37. The van der Waals surface area contributed by atoms with E-state index in [4.69, 9.17) is 9.47 Å². The van der Waals surface area contributed by atoms with Crippen LogP contribution in [0.1, 0.15) is 18.3 Å². The summed E-state index contributed by atoms with van der Waals surface area (Å²) in [5.74, 6) is 2.29. The minimum Gasteiger partial charge on any atom is -0.486 e. The number of hydrogen-bond donors (Lipinski definition) is 1. The summed E-state index contributed by atoms with van der Waals surface area (Å²) in [7, 11) is 0. The maximum Gasteiger partial charge on any atom is 0.321 e. The average Bonchev–Trinajstić information content (AvgIpc) is 3.31. The van der Waals surface area contributed by atoms with Gasteiger partial charge in [0.05, 0.1) is 6.04 Å². The Labute approximate surface area is 162 Å². The molecule has 0 unspecified atom stereocenters. The number of nitrogens with one attached hydrogen (secondary N) is 1. The van der Waals surface area contributed by atoms with Crippen molar-refractivity contribution in [2.24, 2.45) is 0 Å². The number of rotatable bonds is 2. The lowest BCUT2D eigenvalue weighted by molar-refractivity contribution is 0.171. The topological polar surface area (TPSA) is 81.5 Å². The molecule has 3 aromatic rings. The number of aromatic nitrogens is 3. The largest absolute Gasteiger partial charge is 0.486 e. The summed E-state index contributed by atoms with van der Waals surface area (Å²) in [5, 5.41) is 2.96. The number of nitrogens with zero attached hydrogens (tertiary/aromatic N) is 4. The van der Waals surface area contributed by atoms with Crippen LogP contribution < -0.4 is 14.8 Å². The average molecular weight is 379 g/mol. The van der Waals surface area contributed by atoms with E-state index in [1.54, 1.807) is 12.3 Å². The van der Waals surface area contributed by atoms with Crippen LogP contribution in [0.2, 0.25) is 0 Å². The molecular weight excluding hydrogens is 358 g/mol. The van der Waals surface area contributed by atoms with Gasteiger partial charge in [-0.3, -0.25) is 0 Å². The Kier molecular flexibility index (Phi) is 4.03. The molecule has 0 saturated carbocycles. The second-order valence-electron chi connectivity index (χ2n) is 7.05. The lowest BCUT2D eigenvalue weighted by Crippen LogP contribution is -2.33. The molecule has 2 aliphatic rings. The van der Waals surface area contributed by atoms with Gasteiger partial charge in [-0.25, -0.2) is 14.8 Å². The molecule has 2 aromatic heterocycles. The van der Waals surface area contributed by atoms with Crippen LogP contribution in [-0.4, -0.2) is 51.8 Å². The predicted molar refractivity (Wildman–Crippen MR) is 104 cm³/mol. The summed E-state index contributed by atoms with van der Waals surface area (Å²) < 4.78 is 13.3. The fraction of sp³-hybridized carbons (Fsp3) is 0.350. The Morgan fingerprint density at radius 2 is 2.07 bits per heavy atom. The number of imidazole rings is 1. The molecule has 1 N–H and O–H groups in total. The van der Waals surface area contributed by atoms with E-state index in [1.165, 1.54) is 0 Å². The van der Waals surface area contributed by atoms with Crippen LogP contribution in [0.5, 0.6) is 11.5 Å². The van der Waals surface area contributed by atoms with Crippen molar-refractivity contribution in [3.63, 3.8) is 0 Å². The molecule has 1 atom stereocenters. The Hall–Kier alpha value is -3.29. The Morgan fingerprint density at radius 1 is 1.21 bits per heavy atom. The third kappa shape index (κ3) is 2.90. The SMILES string of the molecule is Cc1nc2cccnc2n1[C@H]1CCN(C(=O)Nc2ccc3c(c2)OCCO3)C1. The molecule has 0 bridgehead atoms. The number of anilines is 1. The minimum atomic E-state index is -0.116. The van der Waals surface area contributed by atoms with Crippen molar-refractivity contribution in [1.29, 1.82) is 0 Å². The Bertz CT molecular complexity index is 1050. The first-order valence-electron chi connectivity index (χ1n) is 9.44. The van der Waals surface area contributed by atoms with Crippen LogP contribution in [0.15, 0.2) is 36.5 Å². The standard InChI is InChI=1S/C20H21N5O3/c1-13-22-16-3-2-7-21-19(16)25(13)15-6-8-24(12-15)20(26)23-14-4-5-17-18(11-14)28-10-9-27-17/h2-5,7,11,15H,6,8-10,12H2,1H3,(H,23,26)/t15-/m0/s1. The highest BCUT2D eigenvalue weighted by Crippen LogP contribution is 2.33. The van der Waals surface area contributed by atoms with E-state index in [9.17, 15) is 4.79 Å². The van der Waals surface area contributed by atoms with E-state index in [1.807, 2.05) is 36.1 Å². The maximum absolute atomic E-state index is 12.7. The van der Waals surface area contributed by atoms with Gasteiger partial charge in [-0.05, 0) is 37.6 Å². The van der Waals surface area contributed by atoms with Crippen molar-refractivity contribution in [1.82, 2.24) is 19.4 Å². The number of ether oxygens (including phenoxy) is 2. The summed E-state index contributed by atoms with van der Waals surface area (Å²) in [4.78, 5) is 23.7. The normalized spacial score (nSPS) is 18.5. The number of carbonyl (C=O) groups excluding carboxylic acids is 1. The number of pyridine rings is 1. The molecule has 144 valence electrons. The zero-order valence-corrected chi connectivity index (χ0v) is 15.6. The lowest BCUT2D eigenvalue weighted by atomic mass is 10.2. The summed E-state index contributed by atoms with van der Waals surface area (Å²) >= 11 is 0. The van der Waals surface area contributed by atoms with Gasteiger partial charge in [0.15, 0.2) is 17.1 Å². The molecule has 8 heteroatoms. The molecule has 1 aromatic carbocycles. The first-order valence-corrected chi connectivity index (χ1v) is 9.44. The van der Waals surface area contributed by atoms with E-state index in [-0.39, 0.29) is 12.1 Å². The number of hydrogen-bond acceptors (Lipinski definition) is 5. The number of benzene rings is 1. The van der Waals surface area contributed by atoms with Crippen LogP contribution in [-0.2, 0) is 0 Å². The molecule has 1 saturated heterocycles. The third-order valence-corrected chi connectivity index (χ3v) is 5.23. The van der Waals surface area contributed by atoms with Crippen LogP contribution in [0, 0.1) is 6.92 Å². The molecular formula is C20H21N5O3. The minimum absolute atomic E-state index is 0.116. The fourth-order valence-corrected chi connectivity index (χ4v) is 3.94. The Morgan fingerprint density at radius 3 is 2.96 bits per heavy atom. The van der Waals surface area contributed by atoms with Crippen LogP contribution in [0.3, 0.4) is 0 Å². The number of likely N-dealkylation sites (tertiary alicyclic amines) is 1. The molecule has 8 nitrogen and oxygen atoms in total. The van der Waals surface area contributed by atoms with Gasteiger partial charge in [0.2, 0.25) is 0 Å². The van der Waals surface area contributed by atoms with Crippen molar-refractivity contribution in [3.8, 4) is 11.5 Å². The molecule has 2 amide bonds. The number of aryl methyl sites for hydroxylation is 1. The molecule has 0 spiro atoms. The van der Waals surface area contributed by atoms with E-state index >= 15 is 0 Å². The fourth-order valence-electron chi connectivity index (χ4n) is 3.94. The second kappa shape index (κ2) is 6.70. The predicted octanol–water partition coefficient (Wildman–Crippen LogP) is 2.99. The number of fused-ring (bicyclic) bond motifs is 2. The molecule has 28 heavy (non-hydrogen) atoms. The molecule has 0 radical (unpaired) electrons. The zero-order chi connectivity index (χ0) is 19.1. The maximum atomic E-state index is 12.7. The third-order valence-electron chi connectivity index (χ3n) is 5.23. The van der Waals surface area contributed by atoms with E-state index in [0.29, 0.717) is 43.5 Å². The zero-order valence-electron chi connectivity index (χ0n) is 15.6. The summed E-state index contributed by atoms with van der Waals surface area (Å²) in [6.07, 6.45) is 2.65. The van der Waals surface area contributed by atoms with Gasteiger partial charge in [-0.2, -0.15) is 0 Å². The van der Waals surface area contributed by atoms with Gasteiger partial charge in [-0.1, -0.05) is 0 Å². The molecule has 0 aliphatic carbocycles. The van der Waals surface area contributed by atoms with Crippen LogP contribution >= 0.6 is 0 Å². The van der Waals surface area contributed by atoms with Gasteiger partial charge in [0.25, 0.3) is 0 Å².